The Balaban J connectivity index is 1.87. The van der Waals surface area contributed by atoms with Gasteiger partial charge < -0.3 is 10.3 Å². The third-order valence-corrected chi connectivity index (χ3v) is 2.56. The Bertz CT molecular complexity index is 415. The van der Waals surface area contributed by atoms with Gasteiger partial charge in [0.1, 0.15) is 0 Å². The van der Waals surface area contributed by atoms with Gasteiger partial charge in [-0.2, -0.15) is 5.10 Å². The van der Waals surface area contributed by atoms with Crippen LogP contribution in [0.3, 0.4) is 0 Å². The van der Waals surface area contributed by atoms with Crippen molar-refractivity contribution in [2.75, 3.05) is 0 Å². The van der Waals surface area contributed by atoms with E-state index in [1.807, 2.05) is 36.4 Å². The lowest BCUT2D eigenvalue weighted by Gasteiger charge is -2.10. The van der Waals surface area contributed by atoms with Gasteiger partial charge in [0.25, 0.3) is 0 Å². The first kappa shape index (κ1) is 10.9. The van der Waals surface area contributed by atoms with E-state index in [4.69, 9.17) is 5.73 Å². The minimum Gasteiger partial charge on any atom is -0.333 e. The molecule has 5 heteroatoms. The monoisotopic (exact) mass is 219 g/mol. The lowest BCUT2D eigenvalue weighted by Crippen LogP contribution is -2.13. The van der Waals surface area contributed by atoms with Crippen LogP contribution in [0.4, 0.5) is 0 Å². The molecule has 2 heterocycles. The predicted molar refractivity (Wildman–Crippen MR) is 61.7 cm³/mol. The summed E-state index contributed by atoms with van der Waals surface area (Å²) >= 11 is 0. The van der Waals surface area contributed by atoms with Gasteiger partial charge >= 0.3 is 0 Å². The minimum absolute atomic E-state index is 0.0344. The average molecular weight is 219 g/mol. The zero-order chi connectivity index (χ0) is 11.4. The van der Waals surface area contributed by atoms with Gasteiger partial charge in [-0.25, -0.2) is 4.98 Å². The van der Waals surface area contributed by atoms with Gasteiger partial charge in [-0.15, -0.1) is 0 Å². The van der Waals surface area contributed by atoms with Gasteiger partial charge in [0.15, 0.2) is 0 Å². The van der Waals surface area contributed by atoms with Crippen molar-refractivity contribution in [3.63, 3.8) is 0 Å². The Labute approximate surface area is 94.9 Å². The summed E-state index contributed by atoms with van der Waals surface area (Å²) in [6.45, 7) is 3.82. The molecule has 2 N–H and O–H groups in total. The van der Waals surface area contributed by atoms with Crippen molar-refractivity contribution < 1.29 is 0 Å². The van der Waals surface area contributed by atoms with Crippen LogP contribution in [-0.4, -0.2) is 19.3 Å². The summed E-state index contributed by atoms with van der Waals surface area (Å²) in [5.41, 5.74) is 6.93. The summed E-state index contributed by atoms with van der Waals surface area (Å²) in [4.78, 5) is 4.12. The van der Waals surface area contributed by atoms with Crippen molar-refractivity contribution in [3.8, 4) is 0 Å². The highest BCUT2D eigenvalue weighted by atomic mass is 15.3. The maximum Gasteiger partial charge on any atom is 0.0948 e. The lowest BCUT2D eigenvalue weighted by molar-refractivity contribution is 0.512. The van der Waals surface area contributed by atoms with E-state index in [9.17, 15) is 0 Å². The minimum atomic E-state index is 0.0344. The zero-order valence-electron chi connectivity index (χ0n) is 9.45. The fourth-order valence-corrected chi connectivity index (χ4v) is 1.73. The number of rotatable bonds is 5. The number of nitrogens with zero attached hydrogens (tertiary/aromatic N) is 4. The van der Waals surface area contributed by atoms with Crippen LogP contribution in [-0.2, 0) is 13.1 Å². The summed E-state index contributed by atoms with van der Waals surface area (Å²) in [5.74, 6) is 0. The van der Waals surface area contributed by atoms with Gasteiger partial charge in [-0.1, -0.05) is 0 Å². The first-order chi connectivity index (χ1) is 7.77. The Kier molecular flexibility index (Phi) is 3.36. The van der Waals surface area contributed by atoms with Crippen molar-refractivity contribution in [2.45, 2.75) is 32.5 Å². The standard InChI is InChI=1S/C11H17N5/c1-10(12)11-8-13-9-15(11)5-3-7-16-6-2-4-14-16/h2,4,6,8-10H,3,5,7,12H2,1H3/t10-/m0/s1. The number of hydrogen-bond acceptors (Lipinski definition) is 3. The first-order valence-electron chi connectivity index (χ1n) is 5.50. The number of hydrogen-bond donors (Lipinski definition) is 1. The maximum absolute atomic E-state index is 5.85. The summed E-state index contributed by atoms with van der Waals surface area (Å²) in [7, 11) is 0. The van der Waals surface area contributed by atoms with Crippen molar-refractivity contribution in [1.29, 1.82) is 0 Å². The first-order valence-corrected chi connectivity index (χ1v) is 5.50. The number of nitrogens with two attached hydrogens (primary N) is 1. The molecule has 0 aliphatic rings. The van der Waals surface area contributed by atoms with Gasteiger partial charge in [0.2, 0.25) is 0 Å². The quantitative estimate of drug-likeness (QED) is 0.821. The molecule has 2 rings (SSSR count). The Hall–Kier alpha value is -1.62. The van der Waals surface area contributed by atoms with Crippen molar-refractivity contribution in [3.05, 3.63) is 36.7 Å². The molecule has 0 spiro atoms. The van der Waals surface area contributed by atoms with Crippen molar-refractivity contribution >= 4 is 0 Å². The fraction of sp³-hybridized carbons (Fsp3) is 0.455. The summed E-state index contributed by atoms with van der Waals surface area (Å²) in [6, 6.07) is 1.97. The molecule has 0 saturated carbocycles. The molecule has 0 aliphatic heterocycles. The molecule has 5 nitrogen and oxygen atoms in total. The fourth-order valence-electron chi connectivity index (χ4n) is 1.73. The molecule has 16 heavy (non-hydrogen) atoms. The highest BCUT2D eigenvalue weighted by molar-refractivity contribution is 5.02. The second kappa shape index (κ2) is 4.94. The number of aromatic nitrogens is 4. The van der Waals surface area contributed by atoms with Gasteiger partial charge in [0, 0.05) is 37.7 Å². The Morgan fingerprint density at radius 3 is 3.00 bits per heavy atom. The third-order valence-electron chi connectivity index (χ3n) is 2.56. The second-order valence-corrected chi connectivity index (χ2v) is 3.92. The van der Waals surface area contributed by atoms with E-state index in [0.717, 1.165) is 25.2 Å². The smallest absolute Gasteiger partial charge is 0.0948 e. The molecule has 0 amide bonds. The molecule has 86 valence electrons. The Morgan fingerprint density at radius 1 is 1.44 bits per heavy atom. The highest BCUT2D eigenvalue weighted by Crippen LogP contribution is 2.09. The van der Waals surface area contributed by atoms with Crippen LogP contribution in [0, 0.1) is 0 Å². The molecule has 0 saturated heterocycles. The molecule has 0 radical (unpaired) electrons. The molecule has 0 aromatic carbocycles. The SMILES string of the molecule is C[C@H](N)c1cncn1CCCn1cccn1. The van der Waals surface area contributed by atoms with E-state index >= 15 is 0 Å². The van der Waals surface area contributed by atoms with Gasteiger partial charge in [-0.3, -0.25) is 4.68 Å². The van der Waals surface area contributed by atoms with Crippen LogP contribution in [0.5, 0.6) is 0 Å². The van der Waals surface area contributed by atoms with E-state index in [1.165, 1.54) is 0 Å². The molecule has 0 aliphatic carbocycles. The summed E-state index contributed by atoms with van der Waals surface area (Å²) < 4.78 is 4.04. The van der Waals surface area contributed by atoms with Crippen LogP contribution in [0.15, 0.2) is 31.0 Å². The van der Waals surface area contributed by atoms with E-state index in [-0.39, 0.29) is 6.04 Å². The molecular formula is C11H17N5. The maximum atomic E-state index is 5.85. The highest BCUT2D eigenvalue weighted by Gasteiger charge is 2.05. The normalized spacial score (nSPS) is 12.9. The molecule has 2 aromatic heterocycles. The number of imidazole rings is 1. The molecule has 0 unspecified atom stereocenters. The molecule has 0 bridgehead atoms. The topological polar surface area (TPSA) is 61.7 Å². The van der Waals surface area contributed by atoms with E-state index in [2.05, 4.69) is 14.6 Å². The zero-order valence-corrected chi connectivity index (χ0v) is 9.45. The van der Waals surface area contributed by atoms with Crippen LogP contribution in [0.2, 0.25) is 0 Å². The summed E-state index contributed by atoms with van der Waals surface area (Å²) in [5, 5.41) is 4.16. The molecule has 0 fully saturated rings. The predicted octanol–water partition coefficient (Wildman–Crippen LogP) is 1.19. The Morgan fingerprint density at radius 2 is 2.31 bits per heavy atom. The van der Waals surface area contributed by atoms with Gasteiger partial charge in [0.05, 0.1) is 12.0 Å². The van der Waals surface area contributed by atoms with Gasteiger partial charge in [-0.05, 0) is 19.4 Å². The average Bonchev–Trinajstić information content (AvgIpc) is 2.87. The van der Waals surface area contributed by atoms with Crippen molar-refractivity contribution in [2.24, 2.45) is 5.73 Å². The molecule has 2 aromatic rings. The van der Waals surface area contributed by atoms with Crippen molar-refractivity contribution in [1.82, 2.24) is 19.3 Å². The van der Waals surface area contributed by atoms with E-state index < -0.39 is 0 Å². The van der Waals surface area contributed by atoms with E-state index in [0.29, 0.717) is 0 Å². The second-order valence-electron chi connectivity index (χ2n) is 3.92. The largest absolute Gasteiger partial charge is 0.333 e. The molecule has 1 atom stereocenters. The van der Waals surface area contributed by atoms with Crippen LogP contribution in [0.25, 0.3) is 0 Å². The van der Waals surface area contributed by atoms with Crippen LogP contribution in [0.1, 0.15) is 25.1 Å². The van der Waals surface area contributed by atoms with E-state index in [1.54, 1.807) is 6.20 Å². The summed E-state index contributed by atoms with van der Waals surface area (Å²) in [6.07, 6.45) is 8.46. The third kappa shape index (κ3) is 2.49. The lowest BCUT2D eigenvalue weighted by atomic mass is 10.2. The van der Waals surface area contributed by atoms with Crippen LogP contribution >= 0.6 is 0 Å². The van der Waals surface area contributed by atoms with Crippen LogP contribution < -0.4 is 5.73 Å². The molecular weight excluding hydrogens is 202 g/mol. The number of aryl methyl sites for hydroxylation is 2.